The first-order valence-electron chi connectivity index (χ1n) is 5.35. The van der Waals surface area contributed by atoms with Gasteiger partial charge in [0.2, 0.25) is 0 Å². The fourth-order valence-electron chi connectivity index (χ4n) is 1.79. The molecule has 0 bridgehead atoms. The Morgan fingerprint density at radius 3 is 2.33 bits per heavy atom. The lowest BCUT2D eigenvalue weighted by molar-refractivity contribution is 0.570. The summed E-state index contributed by atoms with van der Waals surface area (Å²) in [6.45, 7) is 0. The Morgan fingerprint density at radius 2 is 1.83 bits per heavy atom. The molecule has 0 aliphatic rings. The van der Waals surface area contributed by atoms with E-state index in [1.165, 1.54) is 12.1 Å². The molecular weight excluding hydrogens is 302 g/mol. The third-order valence-electron chi connectivity index (χ3n) is 2.55. The average molecular weight is 313 g/mol. The molecule has 94 valence electrons. The van der Waals surface area contributed by atoms with Crippen LogP contribution in [0.1, 0.15) is 17.3 Å². The van der Waals surface area contributed by atoms with Gasteiger partial charge in [0.25, 0.3) is 0 Å². The van der Waals surface area contributed by atoms with Crippen LogP contribution < -0.4 is 5.32 Å². The van der Waals surface area contributed by atoms with E-state index >= 15 is 0 Å². The van der Waals surface area contributed by atoms with Crippen LogP contribution in [0.15, 0.2) is 41.0 Å². The Balaban J connectivity index is 2.41. The first-order chi connectivity index (χ1) is 8.60. The molecule has 2 rings (SSSR count). The third kappa shape index (κ3) is 2.91. The molecule has 1 heterocycles. The summed E-state index contributed by atoms with van der Waals surface area (Å²) in [6.07, 6.45) is 1.65. The first kappa shape index (κ1) is 13.1. The summed E-state index contributed by atoms with van der Waals surface area (Å²) in [4.78, 5) is 4.23. The largest absolute Gasteiger partial charge is 0.308 e. The maximum absolute atomic E-state index is 13.2. The van der Waals surface area contributed by atoms with Crippen molar-refractivity contribution in [1.29, 1.82) is 0 Å². The van der Waals surface area contributed by atoms with Crippen LogP contribution in [0.25, 0.3) is 0 Å². The van der Waals surface area contributed by atoms with Gasteiger partial charge in [-0.3, -0.25) is 4.98 Å². The lowest BCUT2D eigenvalue weighted by atomic mass is 10.0. The Bertz CT molecular complexity index is 523. The van der Waals surface area contributed by atoms with Crippen LogP contribution in [-0.4, -0.2) is 12.0 Å². The van der Waals surface area contributed by atoms with Gasteiger partial charge in [0, 0.05) is 16.7 Å². The summed E-state index contributed by atoms with van der Waals surface area (Å²) in [6, 6.07) is 6.74. The zero-order valence-electron chi connectivity index (χ0n) is 9.62. The highest BCUT2D eigenvalue weighted by atomic mass is 79.9. The molecule has 0 radical (unpaired) electrons. The molecule has 18 heavy (non-hydrogen) atoms. The van der Waals surface area contributed by atoms with E-state index in [9.17, 15) is 8.78 Å². The second kappa shape index (κ2) is 5.54. The molecule has 0 saturated heterocycles. The van der Waals surface area contributed by atoms with Gasteiger partial charge in [-0.25, -0.2) is 8.78 Å². The van der Waals surface area contributed by atoms with Crippen molar-refractivity contribution >= 4 is 15.9 Å². The van der Waals surface area contributed by atoms with E-state index in [4.69, 9.17) is 0 Å². The Morgan fingerprint density at radius 1 is 1.17 bits per heavy atom. The molecule has 1 atom stereocenters. The van der Waals surface area contributed by atoms with Crippen molar-refractivity contribution < 1.29 is 8.78 Å². The van der Waals surface area contributed by atoms with Crippen molar-refractivity contribution in [2.24, 2.45) is 0 Å². The molecule has 1 unspecified atom stereocenters. The zero-order chi connectivity index (χ0) is 13.1. The number of rotatable bonds is 3. The summed E-state index contributed by atoms with van der Waals surface area (Å²) in [7, 11) is 1.72. The van der Waals surface area contributed by atoms with E-state index < -0.39 is 11.6 Å². The van der Waals surface area contributed by atoms with Gasteiger partial charge in [-0.05, 0) is 52.8 Å². The molecule has 0 saturated carbocycles. The monoisotopic (exact) mass is 312 g/mol. The van der Waals surface area contributed by atoms with E-state index in [0.29, 0.717) is 11.3 Å². The minimum Gasteiger partial charge on any atom is -0.308 e. The normalized spacial score (nSPS) is 12.4. The van der Waals surface area contributed by atoms with Crippen LogP contribution >= 0.6 is 15.9 Å². The maximum Gasteiger partial charge on any atom is 0.126 e. The van der Waals surface area contributed by atoms with Crippen molar-refractivity contribution in [1.82, 2.24) is 10.3 Å². The van der Waals surface area contributed by atoms with Crippen LogP contribution in [0.4, 0.5) is 8.78 Å². The summed E-state index contributed by atoms with van der Waals surface area (Å²) >= 11 is 3.29. The molecule has 0 aliphatic heterocycles. The summed E-state index contributed by atoms with van der Waals surface area (Å²) in [5.74, 6) is -1.19. The average Bonchev–Trinajstić information content (AvgIpc) is 2.31. The van der Waals surface area contributed by atoms with Gasteiger partial charge in [0.1, 0.15) is 11.6 Å². The fraction of sp³-hybridized carbons (Fsp3) is 0.154. The Labute approximate surface area is 112 Å². The van der Waals surface area contributed by atoms with Crippen molar-refractivity contribution in [2.75, 3.05) is 7.05 Å². The Kier molecular flexibility index (Phi) is 4.04. The quantitative estimate of drug-likeness (QED) is 0.939. The molecule has 2 nitrogen and oxygen atoms in total. The maximum atomic E-state index is 13.2. The minimum absolute atomic E-state index is 0.344. The van der Waals surface area contributed by atoms with Crippen LogP contribution in [0.3, 0.4) is 0 Å². The zero-order valence-corrected chi connectivity index (χ0v) is 11.2. The number of aromatic nitrogens is 1. The molecule has 0 aliphatic carbocycles. The predicted octanol–water partition coefficient (Wildman–Crippen LogP) is 3.43. The van der Waals surface area contributed by atoms with Crippen LogP contribution in [0.5, 0.6) is 0 Å². The van der Waals surface area contributed by atoms with E-state index in [1.807, 2.05) is 6.07 Å². The van der Waals surface area contributed by atoms with Gasteiger partial charge in [0.15, 0.2) is 0 Å². The van der Waals surface area contributed by atoms with E-state index in [1.54, 1.807) is 19.3 Å². The number of hydrogen-bond donors (Lipinski definition) is 1. The third-order valence-corrected chi connectivity index (χ3v) is 3.02. The van der Waals surface area contributed by atoms with Crippen molar-refractivity contribution in [3.63, 3.8) is 0 Å². The summed E-state index contributed by atoms with van der Waals surface area (Å²) in [5.41, 5.74) is 1.20. The second-order valence-electron chi connectivity index (χ2n) is 3.83. The second-order valence-corrected chi connectivity index (χ2v) is 4.74. The number of pyridine rings is 1. The van der Waals surface area contributed by atoms with Gasteiger partial charge in [-0.15, -0.1) is 0 Å². The first-order valence-corrected chi connectivity index (χ1v) is 6.14. The topological polar surface area (TPSA) is 24.9 Å². The highest BCUT2D eigenvalue weighted by molar-refractivity contribution is 9.10. The molecule has 5 heteroatoms. The number of hydrogen-bond acceptors (Lipinski definition) is 2. The lowest BCUT2D eigenvalue weighted by Crippen LogP contribution is -2.19. The van der Waals surface area contributed by atoms with Crippen LogP contribution in [0, 0.1) is 11.6 Å². The highest BCUT2D eigenvalue weighted by Crippen LogP contribution is 2.22. The lowest BCUT2D eigenvalue weighted by Gasteiger charge is -2.16. The van der Waals surface area contributed by atoms with Gasteiger partial charge in [0.05, 0.1) is 11.7 Å². The Hall–Kier alpha value is -1.33. The summed E-state index contributed by atoms with van der Waals surface area (Å²) < 4.78 is 27.3. The number of nitrogens with one attached hydrogen (secondary N) is 1. The molecule has 1 N–H and O–H groups in total. The smallest absolute Gasteiger partial charge is 0.126 e. The predicted molar refractivity (Wildman–Crippen MR) is 69.2 cm³/mol. The number of benzene rings is 1. The van der Waals surface area contributed by atoms with Crippen molar-refractivity contribution in [3.05, 3.63) is 63.9 Å². The van der Waals surface area contributed by atoms with Gasteiger partial charge >= 0.3 is 0 Å². The highest BCUT2D eigenvalue weighted by Gasteiger charge is 2.15. The van der Waals surface area contributed by atoms with Gasteiger partial charge < -0.3 is 5.32 Å². The fourth-order valence-corrected chi connectivity index (χ4v) is 2.02. The van der Waals surface area contributed by atoms with E-state index in [0.717, 1.165) is 10.5 Å². The van der Waals surface area contributed by atoms with E-state index in [2.05, 4.69) is 26.2 Å². The molecule has 0 spiro atoms. The van der Waals surface area contributed by atoms with Gasteiger partial charge in [-0.1, -0.05) is 0 Å². The number of nitrogens with zero attached hydrogens (tertiary/aromatic N) is 1. The molecule has 0 amide bonds. The molecule has 2 aromatic rings. The molecule has 0 fully saturated rings. The van der Waals surface area contributed by atoms with E-state index in [-0.39, 0.29) is 6.04 Å². The standard InChI is InChI=1S/C13H11BrF2N2/c1-17-13(12-3-2-9(14)7-18-12)8-4-10(15)6-11(16)5-8/h2-7,13,17H,1H3. The molecular formula is C13H11BrF2N2. The van der Waals surface area contributed by atoms with Crippen molar-refractivity contribution in [3.8, 4) is 0 Å². The SMILES string of the molecule is CNC(c1cc(F)cc(F)c1)c1ccc(Br)cn1. The van der Waals surface area contributed by atoms with Crippen molar-refractivity contribution in [2.45, 2.75) is 6.04 Å². The summed E-state index contributed by atoms with van der Waals surface area (Å²) in [5, 5.41) is 3.00. The van der Waals surface area contributed by atoms with Gasteiger partial charge in [-0.2, -0.15) is 0 Å². The minimum atomic E-state index is -0.595. The molecule has 1 aromatic carbocycles. The number of halogens is 3. The van der Waals surface area contributed by atoms with Crippen LogP contribution in [0.2, 0.25) is 0 Å². The molecule has 1 aromatic heterocycles. The van der Waals surface area contributed by atoms with Crippen LogP contribution in [-0.2, 0) is 0 Å².